The number of sulfonamides is 1. The van der Waals surface area contributed by atoms with Crippen LogP contribution in [0.5, 0.6) is 0 Å². The molecule has 1 aromatic carbocycles. The average molecular weight is 409 g/mol. The molecule has 8 heteroatoms. The number of carbonyl (C=O) groups excluding carboxylic acids is 1. The van der Waals surface area contributed by atoms with Gasteiger partial charge in [0, 0.05) is 18.8 Å². The van der Waals surface area contributed by atoms with Gasteiger partial charge in [0.1, 0.15) is 0 Å². The first-order chi connectivity index (χ1) is 13.3. The predicted octanol–water partition coefficient (Wildman–Crippen LogP) is 2.94. The van der Waals surface area contributed by atoms with Gasteiger partial charge in [-0.1, -0.05) is 19.8 Å². The molecule has 1 aliphatic heterocycles. The van der Waals surface area contributed by atoms with E-state index < -0.39 is 27.8 Å². The van der Waals surface area contributed by atoms with Crippen LogP contribution >= 0.6 is 0 Å². The molecule has 1 heterocycles. The molecular weight excluding hydrogens is 380 g/mol. The summed E-state index contributed by atoms with van der Waals surface area (Å²) in [4.78, 5) is 24.1. The van der Waals surface area contributed by atoms with Gasteiger partial charge >= 0.3 is 5.97 Å². The summed E-state index contributed by atoms with van der Waals surface area (Å²) in [5, 5.41) is 12.1. The molecule has 1 amide bonds. The van der Waals surface area contributed by atoms with Crippen molar-refractivity contribution >= 4 is 27.6 Å². The second-order valence-corrected chi connectivity index (χ2v) is 9.87. The maximum Gasteiger partial charge on any atom is 0.307 e. The Morgan fingerprint density at radius 1 is 1.00 bits per heavy atom. The second kappa shape index (κ2) is 8.61. The summed E-state index contributed by atoms with van der Waals surface area (Å²) in [6.45, 7) is 3.18. The van der Waals surface area contributed by atoms with Gasteiger partial charge in [-0.3, -0.25) is 9.59 Å². The summed E-state index contributed by atoms with van der Waals surface area (Å²) in [6.07, 6.45) is 4.46. The Morgan fingerprint density at radius 2 is 1.57 bits per heavy atom. The number of carboxylic acids is 1. The highest BCUT2D eigenvalue weighted by atomic mass is 32.2. The Labute approximate surface area is 166 Å². The third kappa shape index (κ3) is 4.55. The summed E-state index contributed by atoms with van der Waals surface area (Å²) in [7, 11) is -3.53. The van der Waals surface area contributed by atoms with Crippen molar-refractivity contribution in [2.75, 3.05) is 18.4 Å². The first-order valence-corrected chi connectivity index (χ1v) is 11.4. The number of nitrogens with zero attached hydrogens (tertiary/aromatic N) is 1. The van der Waals surface area contributed by atoms with Crippen LogP contribution < -0.4 is 5.32 Å². The summed E-state index contributed by atoms with van der Waals surface area (Å²) >= 11 is 0. The Morgan fingerprint density at radius 3 is 2.14 bits per heavy atom. The quantitative estimate of drug-likeness (QED) is 0.780. The molecule has 3 rings (SSSR count). The number of aliphatic carboxylic acids is 1. The van der Waals surface area contributed by atoms with Crippen LogP contribution in [0.15, 0.2) is 29.2 Å². The molecule has 2 aliphatic rings. The molecule has 0 unspecified atom stereocenters. The molecule has 1 saturated heterocycles. The van der Waals surface area contributed by atoms with E-state index >= 15 is 0 Å². The standard InChI is InChI=1S/C20H28N2O5S/c1-14-10-12-22(13-11-14)28(26,27)16-8-6-15(7-9-16)21-19(23)17-4-2-3-5-18(17)20(24)25/h6-9,14,17-18H,2-5,10-13H2,1H3,(H,21,23)(H,24,25)/t17-,18+/m0/s1. The molecular formula is C20H28N2O5S. The number of carbonyl (C=O) groups is 2. The minimum atomic E-state index is -3.53. The van der Waals surface area contributed by atoms with Crippen molar-refractivity contribution in [3.63, 3.8) is 0 Å². The topological polar surface area (TPSA) is 104 Å². The van der Waals surface area contributed by atoms with E-state index in [1.165, 1.54) is 16.4 Å². The van der Waals surface area contributed by atoms with Crippen molar-refractivity contribution in [2.45, 2.75) is 50.3 Å². The lowest BCUT2D eigenvalue weighted by Gasteiger charge is -2.29. The first kappa shape index (κ1) is 20.8. The van der Waals surface area contributed by atoms with E-state index in [9.17, 15) is 23.1 Å². The van der Waals surface area contributed by atoms with Crippen LogP contribution in [0, 0.1) is 17.8 Å². The molecule has 0 bridgehead atoms. The van der Waals surface area contributed by atoms with Crippen molar-refractivity contribution in [1.82, 2.24) is 4.31 Å². The van der Waals surface area contributed by atoms with Gasteiger partial charge in [0.2, 0.25) is 15.9 Å². The van der Waals surface area contributed by atoms with Gasteiger partial charge in [-0.05, 0) is 55.9 Å². The Hall–Kier alpha value is -1.93. The molecule has 1 aromatic rings. The van der Waals surface area contributed by atoms with Gasteiger partial charge in [0.05, 0.1) is 16.7 Å². The molecule has 28 heavy (non-hydrogen) atoms. The molecule has 0 spiro atoms. The fourth-order valence-corrected chi connectivity index (χ4v) is 5.53. The average Bonchev–Trinajstić information content (AvgIpc) is 2.68. The summed E-state index contributed by atoms with van der Waals surface area (Å²) < 4.78 is 27.0. The van der Waals surface area contributed by atoms with Gasteiger partial charge in [0.25, 0.3) is 0 Å². The number of amides is 1. The molecule has 0 aromatic heterocycles. The maximum atomic E-state index is 12.8. The molecule has 7 nitrogen and oxygen atoms in total. The zero-order chi connectivity index (χ0) is 20.3. The van der Waals surface area contributed by atoms with E-state index in [1.807, 2.05) is 0 Å². The SMILES string of the molecule is CC1CCN(S(=O)(=O)c2ccc(NC(=O)[C@H]3CCCC[C@H]3C(=O)O)cc2)CC1. The normalized spacial score (nSPS) is 24.6. The Bertz CT molecular complexity index is 814. The minimum Gasteiger partial charge on any atom is -0.481 e. The highest BCUT2D eigenvalue weighted by Gasteiger charge is 2.35. The van der Waals surface area contributed by atoms with Crippen LogP contribution in [0.25, 0.3) is 0 Å². The predicted molar refractivity (Wildman–Crippen MR) is 105 cm³/mol. The maximum absolute atomic E-state index is 12.8. The zero-order valence-corrected chi connectivity index (χ0v) is 17.0. The molecule has 1 aliphatic carbocycles. The van der Waals surface area contributed by atoms with E-state index in [0.717, 1.165) is 25.7 Å². The molecule has 2 N–H and O–H groups in total. The molecule has 0 radical (unpaired) electrons. The van der Waals surface area contributed by atoms with Crippen molar-refractivity contribution in [2.24, 2.45) is 17.8 Å². The number of carboxylic acid groups (broad SMARTS) is 1. The van der Waals surface area contributed by atoms with Crippen LogP contribution in [0.3, 0.4) is 0 Å². The van der Waals surface area contributed by atoms with E-state index in [0.29, 0.717) is 37.5 Å². The van der Waals surface area contributed by atoms with E-state index in [-0.39, 0.29) is 10.8 Å². The number of hydrogen-bond acceptors (Lipinski definition) is 4. The lowest BCUT2D eigenvalue weighted by Crippen LogP contribution is -2.37. The van der Waals surface area contributed by atoms with Crippen molar-refractivity contribution in [3.05, 3.63) is 24.3 Å². The molecule has 2 fully saturated rings. The van der Waals surface area contributed by atoms with Gasteiger partial charge < -0.3 is 10.4 Å². The number of anilines is 1. The molecule has 1 saturated carbocycles. The second-order valence-electron chi connectivity index (χ2n) is 7.94. The minimum absolute atomic E-state index is 0.209. The fourth-order valence-electron chi connectivity index (χ4n) is 4.06. The highest BCUT2D eigenvalue weighted by molar-refractivity contribution is 7.89. The molecule has 154 valence electrons. The van der Waals surface area contributed by atoms with Crippen molar-refractivity contribution < 1.29 is 23.1 Å². The smallest absolute Gasteiger partial charge is 0.307 e. The summed E-state index contributed by atoms with van der Waals surface area (Å²) in [6, 6.07) is 6.13. The number of rotatable bonds is 5. The third-order valence-electron chi connectivity index (χ3n) is 5.92. The number of piperidine rings is 1. The molecule has 2 atom stereocenters. The summed E-state index contributed by atoms with van der Waals surface area (Å²) in [5.74, 6) is -1.91. The largest absolute Gasteiger partial charge is 0.481 e. The summed E-state index contributed by atoms with van der Waals surface area (Å²) in [5.41, 5.74) is 0.478. The Balaban J connectivity index is 1.67. The van der Waals surface area contributed by atoms with Crippen LogP contribution in [0.1, 0.15) is 45.4 Å². The third-order valence-corrected chi connectivity index (χ3v) is 7.84. The van der Waals surface area contributed by atoms with Gasteiger partial charge in [-0.2, -0.15) is 4.31 Å². The lowest BCUT2D eigenvalue weighted by atomic mass is 9.78. The van der Waals surface area contributed by atoms with Crippen LogP contribution in [0.4, 0.5) is 5.69 Å². The fraction of sp³-hybridized carbons (Fsp3) is 0.600. The Kier molecular flexibility index (Phi) is 6.40. The van der Waals surface area contributed by atoms with E-state index in [4.69, 9.17) is 0 Å². The highest BCUT2D eigenvalue weighted by Crippen LogP contribution is 2.31. The first-order valence-electron chi connectivity index (χ1n) is 9.93. The van der Waals surface area contributed by atoms with E-state index in [2.05, 4.69) is 12.2 Å². The monoisotopic (exact) mass is 408 g/mol. The number of benzene rings is 1. The van der Waals surface area contributed by atoms with Gasteiger partial charge in [-0.25, -0.2) is 8.42 Å². The zero-order valence-electron chi connectivity index (χ0n) is 16.1. The number of hydrogen-bond donors (Lipinski definition) is 2. The van der Waals surface area contributed by atoms with Crippen molar-refractivity contribution in [1.29, 1.82) is 0 Å². The van der Waals surface area contributed by atoms with Crippen molar-refractivity contribution in [3.8, 4) is 0 Å². The number of nitrogens with one attached hydrogen (secondary N) is 1. The van der Waals surface area contributed by atoms with Crippen LogP contribution in [-0.4, -0.2) is 42.8 Å². The van der Waals surface area contributed by atoms with Gasteiger partial charge in [-0.15, -0.1) is 0 Å². The lowest BCUT2D eigenvalue weighted by molar-refractivity contribution is -0.147. The van der Waals surface area contributed by atoms with Gasteiger partial charge in [0.15, 0.2) is 0 Å². The van der Waals surface area contributed by atoms with Crippen LogP contribution in [0.2, 0.25) is 0 Å². The van der Waals surface area contributed by atoms with E-state index in [1.54, 1.807) is 12.1 Å². The van der Waals surface area contributed by atoms with Crippen LogP contribution in [-0.2, 0) is 19.6 Å².